The molecule has 0 bridgehead atoms. The molecule has 0 aliphatic heterocycles. The number of para-hydroxylation sites is 1. The predicted octanol–water partition coefficient (Wildman–Crippen LogP) is 26.8. The molecule has 2 heterocycles. The highest BCUT2D eigenvalue weighted by Crippen LogP contribution is 2.65. The first-order chi connectivity index (χ1) is 45.4. The first-order valence-corrected chi connectivity index (χ1v) is 35.2. The van der Waals surface area contributed by atoms with Crippen molar-refractivity contribution in [2.24, 2.45) is 0 Å². The van der Waals surface area contributed by atoms with Crippen molar-refractivity contribution >= 4 is 87.6 Å². The zero-order valence-electron chi connectivity index (χ0n) is 59.6. The summed E-state index contributed by atoms with van der Waals surface area (Å²) in [6.07, 6.45) is 0. The number of nitrogens with zero attached hydrogens (tertiary/aromatic N) is 2. The number of hydrogen-bond acceptors (Lipinski definition) is 5. The zero-order chi connectivity index (χ0) is 67.8. The number of fused-ring (bicyclic) bond motifs is 11. The molecule has 0 spiro atoms. The van der Waals surface area contributed by atoms with Crippen molar-refractivity contribution < 1.29 is 9.15 Å². The van der Waals surface area contributed by atoms with Gasteiger partial charge >= 0.3 is 0 Å². The second-order valence-corrected chi connectivity index (χ2v) is 34.1. The predicted molar refractivity (Wildman–Crippen MR) is 412 cm³/mol. The lowest BCUT2D eigenvalue weighted by molar-refractivity contribution is 0.481. The van der Waals surface area contributed by atoms with Crippen LogP contribution in [-0.2, 0) is 37.9 Å². The van der Waals surface area contributed by atoms with Crippen molar-refractivity contribution in [2.45, 2.75) is 163 Å². The summed E-state index contributed by atoms with van der Waals surface area (Å²) < 4.78 is 17.0. The van der Waals surface area contributed by atoms with Crippen molar-refractivity contribution in [2.75, 3.05) is 9.80 Å². The van der Waals surface area contributed by atoms with Gasteiger partial charge in [0.2, 0.25) is 0 Å². The first-order valence-electron chi connectivity index (χ1n) is 34.4. The Kier molecular flexibility index (Phi) is 15.4. The molecule has 0 amide bonds. The molecular formula is C91H92N2O2S. The quantitative estimate of drug-likeness (QED) is 0.136. The Hall–Kier alpha value is -9.16. The summed E-state index contributed by atoms with van der Waals surface area (Å²) in [5.74, 6) is 1.56. The van der Waals surface area contributed by atoms with Crippen LogP contribution in [0.2, 0.25) is 0 Å². The summed E-state index contributed by atoms with van der Waals surface area (Å²) in [5.41, 5.74) is 21.4. The lowest BCUT2D eigenvalue weighted by Gasteiger charge is -2.36. The molecule has 1 unspecified atom stereocenters. The Bertz CT molecular complexity index is 4700. The van der Waals surface area contributed by atoms with E-state index < -0.39 is 5.41 Å². The summed E-state index contributed by atoms with van der Waals surface area (Å²) in [6, 6.07) is 87.5. The van der Waals surface area contributed by atoms with Gasteiger partial charge in [-0.2, -0.15) is 0 Å². The van der Waals surface area contributed by atoms with E-state index in [1.807, 2.05) is 11.3 Å². The maximum Gasteiger partial charge on any atom is 0.145 e. The van der Waals surface area contributed by atoms with Gasteiger partial charge in [0, 0.05) is 59.4 Å². The largest absolute Gasteiger partial charge is 0.457 e. The van der Waals surface area contributed by atoms with Crippen LogP contribution in [0, 0.1) is 0 Å². The standard InChI is InChI=1S/C91H92N2O2S/c1-85(2,3)57-27-29-63(30-28-57)91(64-41-53-70(54-42-64)94-69-51-39-62(40-52-69)90(16,17)18)73-55-75(92(65-43-31-58(32-44-65)86(4,5)6)66-45-33-59(34-46-66)87(7,8)9)79-71-23-19-21-25-77(71)95-83(79)81(73)82-74(91)56-76(80-72-24-20-22-26-78(72)96-84(80)82)93(67-47-35-60(36-48-67)88(10,11)12)68-49-37-61(38-50-68)89(13,14)15/h19-56H,1-18H3. The minimum absolute atomic E-state index is 0.0120. The molecule has 0 radical (unpaired) electrons. The number of anilines is 6. The molecule has 14 rings (SSSR count). The van der Waals surface area contributed by atoms with Gasteiger partial charge in [-0.15, -0.1) is 11.3 Å². The van der Waals surface area contributed by atoms with Crippen LogP contribution in [0.5, 0.6) is 11.5 Å². The molecule has 0 N–H and O–H groups in total. The van der Waals surface area contributed by atoms with Gasteiger partial charge in [-0.25, -0.2) is 0 Å². The van der Waals surface area contributed by atoms with Gasteiger partial charge in [-0.3, -0.25) is 0 Å². The third-order valence-corrected chi connectivity index (χ3v) is 21.4. The molecule has 1 aliphatic carbocycles. The molecule has 0 saturated heterocycles. The van der Waals surface area contributed by atoms with Crippen molar-refractivity contribution in [1.82, 2.24) is 0 Å². The molecule has 0 fully saturated rings. The van der Waals surface area contributed by atoms with Gasteiger partial charge in [0.1, 0.15) is 22.7 Å². The molecular weight excluding hydrogens is 1190 g/mol. The number of rotatable bonds is 10. The van der Waals surface area contributed by atoms with Crippen LogP contribution in [-0.4, -0.2) is 0 Å². The molecule has 2 aromatic heterocycles. The fourth-order valence-electron chi connectivity index (χ4n) is 14.6. The highest BCUT2D eigenvalue weighted by Gasteiger charge is 2.51. The van der Waals surface area contributed by atoms with Gasteiger partial charge in [0.05, 0.1) is 22.2 Å². The van der Waals surface area contributed by atoms with E-state index in [-0.39, 0.29) is 32.5 Å². The topological polar surface area (TPSA) is 28.9 Å². The fourth-order valence-corrected chi connectivity index (χ4v) is 15.9. The summed E-state index contributed by atoms with van der Waals surface area (Å²) in [4.78, 5) is 5.05. The zero-order valence-corrected chi connectivity index (χ0v) is 60.4. The lowest BCUT2D eigenvalue weighted by atomic mass is 9.67. The van der Waals surface area contributed by atoms with Crippen LogP contribution in [0.4, 0.5) is 34.1 Å². The highest BCUT2D eigenvalue weighted by atomic mass is 32.1. The summed E-state index contributed by atoms with van der Waals surface area (Å²) in [6.45, 7) is 41.3. The van der Waals surface area contributed by atoms with E-state index in [0.717, 1.165) is 89.8 Å². The Labute approximate surface area is 574 Å². The Morgan fingerprint density at radius 1 is 0.333 bits per heavy atom. The molecule has 11 aromatic carbocycles. The second-order valence-electron chi connectivity index (χ2n) is 33.1. The third-order valence-electron chi connectivity index (χ3n) is 20.2. The van der Waals surface area contributed by atoms with Crippen LogP contribution in [0.1, 0.15) is 180 Å². The summed E-state index contributed by atoms with van der Waals surface area (Å²) in [7, 11) is 0. The number of benzene rings is 11. The van der Waals surface area contributed by atoms with Crippen LogP contribution < -0.4 is 14.5 Å². The van der Waals surface area contributed by atoms with E-state index >= 15 is 0 Å². The first kappa shape index (κ1) is 64.2. The molecule has 1 aliphatic rings. The molecule has 5 heteroatoms. The molecule has 4 nitrogen and oxygen atoms in total. The van der Waals surface area contributed by atoms with E-state index in [1.54, 1.807) is 0 Å². The van der Waals surface area contributed by atoms with Crippen LogP contribution >= 0.6 is 11.3 Å². The smallest absolute Gasteiger partial charge is 0.145 e. The number of thiophene rings is 1. The minimum Gasteiger partial charge on any atom is -0.457 e. The van der Waals surface area contributed by atoms with E-state index in [0.29, 0.717) is 0 Å². The number of hydrogen-bond donors (Lipinski definition) is 0. The average molecular weight is 1280 g/mol. The van der Waals surface area contributed by atoms with Crippen molar-refractivity contribution in [3.63, 3.8) is 0 Å². The molecule has 13 aromatic rings. The number of furan rings is 1. The van der Waals surface area contributed by atoms with Crippen molar-refractivity contribution in [3.8, 4) is 22.6 Å². The van der Waals surface area contributed by atoms with Gasteiger partial charge in [-0.1, -0.05) is 258 Å². The SMILES string of the molecule is CC(C)(C)c1ccc(Oc2ccc(C3(c4ccc(C(C)(C)C)cc4)c4cc(N(c5ccc(C(C)(C)C)cc5)c5ccc(C(C)(C)C)cc5)c5c(oc6ccccc65)c4-c4c3cc(N(c3ccc(C(C)(C)C)cc3)c3ccc(C(C)(C)C)cc3)c3c4sc4ccccc43)cc2)cc1. The monoisotopic (exact) mass is 1280 g/mol. The van der Waals surface area contributed by atoms with Crippen molar-refractivity contribution in [1.29, 1.82) is 0 Å². The molecule has 96 heavy (non-hydrogen) atoms. The van der Waals surface area contributed by atoms with Gasteiger partial charge < -0.3 is 19.0 Å². The minimum atomic E-state index is -0.981. The fraction of sp³-hybridized carbons (Fsp3) is 0.275. The van der Waals surface area contributed by atoms with Crippen LogP contribution in [0.15, 0.2) is 235 Å². The van der Waals surface area contributed by atoms with Crippen LogP contribution in [0.25, 0.3) is 53.2 Å². The summed E-state index contributed by atoms with van der Waals surface area (Å²) in [5, 5.41) is 4.54. The average Bonchev–Trinajstić information content (AvgIpc) is 1.50. The highest BCUT2D eigenvalue weighted by molar-refractivity contribution is 7.26. The lowest BCUT2D eigenvalue weighted by Crippen LogP contribution is -2.29. The van der Waals surface area contributed by atoms with E-state index in [1.165, 1.54) is 64.7 Å². The molecule has 484 valence electrons. The van der Waals surface area contributed by atoms with E-state index in [2.05, 4.69) is 365 Å². The van der Waals surface area contributed by atoms with E-state index in [9.17, 15) is 0 Å². The van der Waals surface area contributed by atoms with E-state index in [4.69, 9.17) is 9.15 Å². The maximum absolute atomic E-state index is 7.75. The van der Waals surface area contributed by atoms with Gasteiger partial charge in [0.15, 0.2) is 0 Å². The maximum atomic E-state index is 7.75. The second kappa shape index (κ2) is 23.0. The Balaban J connectivity index is 1.16. The summed E-state index contributed by atoms with van der Waals surface area (Å²) >= 11 is 1.89. The van der Waals surface area contributed by atoms with Gasteiger partial charge in [0.25, 0.3) is 0 Å². The molecule has 0 saturated carbocycles. The van der Waals surface area contributed by atoms with Crippen molar-refractivity contribution in [3.05, 3.63) is 286 Å². The Morgan fingerprint density at radius 2 is 0.656 bits per heavy atom. The normalized spacial score (nSPS) is 14.6. The van der Waals surface area contributed by atoms with Gasteiger partial charge in [-0.05, 0) is 185 Å². The van der Waals surface area contributed by atoms with Crippen LogP contribution in [0.3, 0.4) is 0 Å². The molecule has 1 atom stereocenters. The Morgan fingerprint density at radius 3 is 1.06 bits per heavy atom. The number of ether oxygens (including phenoxy) is 1. The third kappa shape index (κ3) is 11.2.